The normalized spacial score (nSPS) is 20.1. The van der Waals surface area contributed by atoms with Gasteiger partial charge in [0.05, 0.1) is 11.5 Å². The van der Waals surface area contributed by atoms with Gasteiger partial charge in [0, 0.05) is 26.2 Å². The molecule has 0 spiro atoms. The standard InChI is InChI=1S/C8H18N2O6S2/c1-3-17(11,12)15-9-5-7-10(8-6-9)16-18(13,14)4-2/h3-8H2,1-2H3. The lowest BCUT2D eigenvalue weighted by Gasteiger charge is -2.31. The van der Waals surface area contributed by atoms with Gasteiger partial charge in [-0.1, -0.05) is 0 Å². The first kappa shape index (κ1) is 15.8. The Morgan fingerprint density at radius 1 is 0.778 bits per heavy atom. The van der Waals surface area contributed by atoms with Crippen LogP contribution in [0.2, 0.25) is 0 Å². The van der Waals surface area contributed by atoms with Gasteiger partial charge in [0.1, 0.15) is 0 Å². The Balaban J connectivity index is 2.42. The van der Waals surface area contributed by atoms with Crippen molar-refractivity contribution in [3.63, 3.8) is 0 Å². The van der Waals surface area contributed by atoms with Crippen LogP contribution in [0, 0.1) is 0 Å². The Labute approximate surface area is 108 Å². The fourth-order valence-electron chi connectivity index (χ4n) is 1.25. The first-order valence-corrected chi connectivity index (χ1v) is 8.78. The Hall–Kier alpha value is -0.260. The molecule has 0 N–H and O–H groups in total. The molecule has 0 aromatic heterocycles. The van der Waals surface area contributed by atoms with E-state index in [1.165, 1.54) is 24.0 Å². The van der Waals surface area contributed by atoms with E-state index in [9.17, 15) is 16.8 Å². The fraction of sp³-hybridized carbons (Fsp3) is 1.00. The minimum Gasteiger partial charge on any atom is -0.198 e. The first-order chi connectivity index (χ1) is 8.28. The summed E-state index contributed by atoms with van der Waals surface area (Å²) in [4.78, 5) is 0. The predicted octanol–water partition coefficient (Wildman–Crippen LogP) is -0.833. The van der Waals surface area contributed by atoms with Crippen molar-refractivity contribution in [2.24, 2.45) is 0 Å². The van der Waals surface area contributed by atoms with Gasteiger partial charge < -0.3 is 0 Å². The van der Waals surface area contributed by atoms with Crippen LogP contribution in [0.25, 0.3) is 0 Å². The minimum atomic E-state index is -3.53. The van der Waals surface area contributed by atoms with Gasteiger partial charge in [0.2, 0.25) is 0 Å². The summed E-state index contributed by atoms with van der Waals surface area (Å²) in [7, 11) is -7.06. The third-order valence-electron chi connectivity index (χ3n) is 2.34. The molecule has 108 valence electrons. The maximum Gasteiger partial charge on any atom is 0.283 e. The van der Waals surface area contributed by atoms with Crippen LogP contribution >= 0.6 is 0 Å². The molecule has 0 aromatic carbocycles. The van der Waals surface area contributed by atoms with Crippen LogP contribution < -0.4 is 0 Å². The fourth-order valence-corrected chi connectivity index (χ4v) is 2.40. The summed E-state index contributed by atoms with van der Waals surface area (Å²) in [6, 6.07) is 0. The number of nitrogens with zero attached hydrogens (tertiary/aromatic N) is 2. The Kier molecular flexibility index (Phi) is 5.49. The third kappa shape index (κ3) is 5.16. The lowest BCUT2D eigenvalue weighted by molar-refractivity contribution is -0.148. The zero-order valence-corrected chi connectivity index (χ0v) is 12.0. The quantitative estimate of drug-likeness (QED) is 0.627. The lowest BCUT2D eigenvalue weighted by Crippen LogP contribution is -2.47. The van der Waals surface area contributed by atoms with E-state index in [0.29, 0.717) is 0 Å². The second kappa shape index (κ2) is 6.26. The monoisotopic (exact) mass is 302 g/mol. The summed E-state index contributed by atoms with van der Waals surface area (Å²) in [5, 5.41) is 2.58. The van der Waals surface area contributed by atoms with Crippen LogP contribution in [0.5, 0.6) is 0 Å². The van der Waals surface area contributed by atoms with Crippen molar-refractivity contribution < 1.29 is 25.4 Å². The van der Waals surface area contributed by atoms with Crippen molar-refractivity contribution in [2.45, 2.75) is 13.8 Å². The number of hydroxylamine groups is 4. The molecular formula is C8H18N2O6S2. The van der Waals surface area contributed by atoms with Gasteiger partial charge in [0.15, 0.2) is 0 Å². The molecule has 0 saturated carbocycles. The topological polar surface area (TPSA) is 93.2 Å². The molecule has 1 aliphatic heterocycles. The summed E-state index contributed by atoms with van der Waals surface area (Å²) in [6.07, 6.45) is 0. The molecule has 10 heteroatoms. The second-order valence-corrected chi connectivity index (χ2v) is 7.38. The summed E-state index contributed by atoms with van der Waals surface area (Å²) >= 11 is 0. The summed E-state index contributed by atoms with van der Waals surface area (Å²) in [5.41, 5.74) is 0. The van der Waals surface area contributed by atoms with Crippen LogP contribution in [-0.4, -0.2) is 64.6 Å². The first-order valence-electron chi connectivity index (χ1n) is 5.62. The molecule has 0 bridgehead atoms. The summed E-state index contributed by atoms with van der Waals surface area (Å²) < 4.78 is 54.5. The maximum absolute atomic E-state index is 11.2. The molecule has 18 heavy (non-hydrogen) atoms. The third-order valence-corrected chi connectivity index (χ3v) is 4.63. The highest BCUT2D eigenvalue weighted by Crippen LogP contribution is 2.08. The number of hydrogen-bond acceptors (Lipinski definition) is 8. The molecule has 0 atom stereocenters. The van der Waals surface area contributed by atoms with E-state index in [-0.39, 0.29) is 37.7 Å². The van der Waals surface area contributed by atoms with E-state index in [1.807, 2.05) is 0 Å². The van der Waals surface area contributed by atoms with Crippen molar-refractivity contribution >= 4 is 20.2 Å². The molecule has 0 radical (unpaired) electrons. The van der Waals surface area contributed by atoms with Crippen LogP contribution in [0.1, 0.15) is 13.8 Å². The predicted molar refractivity (Wildman–Crippen MR) is 64.2 cm³/mol. The average molecular weight is 302 g/mol. The Morgan fingerprint density at radius 3 is 1.28 bits per heavy atom. The molecule has 0 amide bonds. The molecule has 1 heterocycles. The van der Waals surface area contributed by atoms with Gasteiger partial charge >= 0.3 is 0 Å². The minimum absolute atomic E-state index is 0.103. The molecule has 1 fully saturated rings. The summed E-state index contributed by atoms with van der Waals surface area (Å²) in [6.45, 7) is 4.03. The average Bonchev–Trinajstić information content (AvgIpc) is 2.31. The van der Waals surface area contributed by atoms with E-state index in [4.69, 9.17) is 8.57 Å². The molecule has 0 aliphatic carbocycles. The largest absolute Gasteiger partial charge is 0.283 e. The molecule has 1 rings (SSSR count). The second-order valence-electron chi connectivity index (χ2n) is 3.70. The van der Waals surface area contributed by atoms with Gasteiger partial charge in [-0.15, -0.1) is 0 Å². The molecular weight excluding hydrogens is 284 g/mol. The Morgan fingerprint density at radius 2 is 1.06 bits per heavy atom. The number of rotatable bonds is 6. The van der Waals surface area contributed by atoms with E-state index >= 15 is 0 Å². The molecule has 8 nitrogen and oxygen atoms in total. The van der Waals surface area contributed by atoms with Gasteiger partial charge in [-0.05, 0) is 13.8 Å². The van der Waals surface area contributed by atoms with Crippen molar-refractivity contribution in [3.8, 4) is 0 Å². The van der Waals surface area contributed by atoms with Crippen LogP contribution in [0.3, 0.4) is 0 Å². The number of piperazine rings is 1. The molecule has 0 aromatic rings. The van der Waals surface area contributed by atoms with Gasteiger partial charge in [0.25, 0.3) is 20.2 Å². The van der Waals surface area contributed by atoms with Crippen molar-refractivity contribution in [1.29, 1.82) is 0 Å². The van der Waals surface area contributed by atoms with E-state index in [0.717, 1.165) is 0 Å². The van der Waals surface area contributed by atoms with Crippen molar-refractivity contribution in [3.05, 3.63) is 0 Å². The Bertz CT molecular complexity index is 408. The van der Waals surface area contributed by atoms with E-state index < -0.39 is 20.2 Å². The smallest absolute Gasteiger partial charge is 0.198 e. The van der Waals surface area contributed by atoms with Gasteiger partial charge in [-0.25, -0.2) is 0 Å². The zero-order chi connectivity index (χ0) is 13.8. The SMILES string of the molecule is CCS(=O)(=O)ON1CCN(OS(=O)(=O)CC)CC1. The maximum atomic E-state index is 11.2. The highest BCUT2D eigenvalue weighted by molar-refractivity contribution is 7.86. The van der Waals surface area contributed by atoms with Gasteiger partial charge in [-0.2, -0.15) is 35.5 Å². The summed E-state index contributed by atoms with van der Waals surface area (Å²) in [5.74, 6) is -0.206. The molecule has 1 saturated heterocycles. The van der Waals surface area contributed by atoms with Crippen molar-refractivity contribution in [2.75, 3.05) is 37.7 Å². The lowest BCUT2D eigenvalue weighted by atomic mass is 10.4. The van der Waals surface area contributed by atoms with Crippen LogP contribution in [-0.2, 0) is 28.8 Å². The zero-order valence-electron chi connectivity index (χ0n) is 10.4. The molecule has 0 unspecified atom stereocenters. The van der Waals surface area contributed by atoms with E-state index in [2.05, 4.69) is 0 Å². The van der Waals surface area contributed by atoms with Crippen molar-refractivity contribution in [1.82, 2.24) is 10.1 Å². The van der Waals surface area contributed by atoms with Crippen LogP contribution in [0.15, 0.2) is 0 Å². The number of hydrogen-bond donors (Lipinski definition) is 0. The highest BCUT2D eigenvalue weighted by atomic mass is 32.2. The van der Waals surface area contributed by atoms with Gasteiger partial charge in [-0.3, -0.25) is 0 Å². The molecule has 1 aliphatic rings. The van der Waals surface area contributed by atoms with E-state index in [1.54, 1.807) is 0 Å². The van der Waals surface area contributed by atoms with Crippen LogP contribution in [0.4, 0.5) is 0 Å². The highest BCUT2D eigenvalue weighted by Gasteiger charge is 2.25.